The highest BCUT2D eigenvalue weighted by atomic mass is 16.4. The fourth-order valence-corrected chi connectivity index (χ4v) is 1.27. The Morgan fingerprint density at radius 2 is 1.92 bits per heavy atom. The van der Waals surface area contributed by atoms with Crippen molar-refractivity contribution >= 4 is 5.97 Å². The molecular weight excluding hydrogens is 164 g/mol. The molecule has 70 valence electrons. The Morgan fingerprint density at radius 1 is 1.38 bits per heavy atom. The third-order valence-electron chi connectivity index (χ3n) is 2.13. The van der Waals surface area contributed by atoms with E-state index < -0.39 is 5.97 Å². The number of carboxylic acids is 1. The van der Waals surface area contributed by atoms with Crippen molar-refractivity contribution in [1.29, 1.82) is 0 Å². The van der Waals surface area contributed by atoms with Gasteiger partial charge in [-0.2, -0.15) is 0 Å². The average molecular weight is 178 g/mol. The molecule has 0 saturated carbocycles. The molecule has 1 rings (SSSR count). The Bertz CT molecular complexity index is 287. The van der Waals surface area contributed by atoms with Crippen LogP contribution in [0.1, 0.15) is 30.4 Å². The van der Waals surface area contributed by atoms with E-state index in [1.807, 2.05) is 38.1 Å². The quantitative estimate of drug-likeness (QED) is 0.772. The van der Waals surface area contributed by atoms with Crippen LogP contribution < -0.4 is 0 Å². The molecule has 0 spiro atoms. The van der Waals surface area contributed by atoms with E-state index in [-0.39, 0.29) is 12.3 Å². The minimum absolute atomic E-state index is 0.0955. The number of carbonyl (C=O) groups is 1. The van der Waals surface area contributed by atoms with Crippen LogP contribution in [0.3, 0.4) is 0 Å². The number of hydrogen-bond acceptors (Lipinski definition) is 1. The number of aliphatic carboxylic acids is 1. The molecule has 1 aromatic rings. The zero-order valence-electron chi connectivity index (χ0n) is 7.95. The van der Waals surface area contributed by atoms with E-state index in [2.05, 4.69) is 0 Å². The lowest BCUT2D eigenvalue weighted by molar-refractivity contribution is -0.137. The maximum atomic E-state index is 10.4. The number of hydrogen-bond donors (Lipinski definition) is 1. The largest absolute Gasteiger partial charge is 0.481 e. The van der Waals surface area contributed by atoms with Gasteiger partial charge in [0.2, 0.25) is 0 Å². The molecule has 0 aliphatic rings. The van der Waals surface area contributed by atoms with Crippen molar-refractivity contribution in [3.05, 3.63) is 35.4 Å². The molecule has 13 heavy (non-hydrogen) atoms. The first kappa shape index (κ1) is 9.78. The van der Waals surface area contributed by atoms with E-state index in [1.165, 1.54) is 5.56 Å². The first-order valence-electron chi connectivity index (χ1n) is 4.38. The van der Waals surface area contributed by atoms with Gasteiger partial charge < -0.3 is 5.11 Å². The highest BCUT2D eigenvalue weighted by Gasteiger charge is 2.08. The molecule has 1 aromatic carbocycles. The second-order valence-electron chi connectivity index (χ2n) is 3.41. The molecule has 0 aliphatic heterocycles. The summed E-state index contributed by atoms with van der Waals surface area (Å²) in [6.45, 7) is 3.95. The van der Waals surface area contributed by atoms with Crippen LogP contribution >= 0.6 is 0 Å². The third-order valence-corrected chi connectivity index (χ3v) is 2.13. The third kappa shape index (κ3) is 2.90. The molecule has 2 nitrogen and oxygen atoms in total. The van der Waals surface area contributed by atoms with Gasteiger partial charge in [-0.25, -0.2) is 0 Å². The van der Waals surface area contributed by atoms with Gasteiger partial charge in [-0.15, -0.1) is 0 Å². The van der Waals surface area contributed by atoms with Crippen molar-refractivity contribution in [2.75, 3.05) is 0 Å². The van der Waals surface area contributed by atoms with Crippen LogP contribution in [0.15, 0.2) is 24.3 Å². The maximum Gasteiger partial charge on any atom is 0.303 e. The normalized spacial score (nSPS) is 12.5. The van der Waals surface area contributed by atoms with Crippen LogP contribution in [-0.4, -0.2) is 11.1 Å². The molecule has 0 fully saturated rings. The zero-order chi connectivity index (χ0) is 9.84. The van der Waals surface area contributed by atoms with Crippen molar-refractivity contribution in [2.45, 2.75) is 26.2 Å². The fraction of sp³-hybridized carbons (Fsp3) is 0.364. The molecule has 2 heteroatoms. The van der Waals surface area contributed by atoms with Crippen LogP contribution in [0.2, 0.25) is 0 Å². The number of carboxylic acid groups (broad SMARTS) is 1. The Balaban J connectivity index is 2.71. The molecule has 0 unspecified atom stereocenters. The standard InChI is InChI=1S/C11H14O2/c1-8-3-5-10(6-4-8)9(2)7-11(12)13/h3-6,9H,7H2,1-2H3,(H,12,13)/t9-/m0/s1. The summed E-state index contributed by atoms with van der Waals surface area (Å²) in [7, 11) is 0. The minimum atomic E-state index is -0.743. The van der Waals surface area contributed by atoms with Gasteiger partial charge in [0.05, 0.1) is 6.42 Å². The van der Waals surface area contributed by atoms with Crippen molar-refractivity contribution in [3.63, 3.8) is 0 Å². The van der Waals surface area contributed by atoms with E-state index in [9.17, 15) is 4.79 Å². The smallest absolute Gasteiger partial charge is 0.303 e. The number of aryl methyl sites for hydroxylation is 1. The summed E-state index contributed by atoms with van der Waals surface area (Å²) >= 11 is 0. The van der Waals surface area contributed by atoms with Gasteiger partial charge in [0, 0.05) is 0 Å². The molecule has 1 N–H and O–H groups in total. The second kappa shape index (κ2) is 4.08. The van der Waals surface area contributed by atoms with Crippen LogP contribution in [-0.2, 0) is 4.79 Å². The first-order valence-corrected chi connectivity index (χ1v) is 4.38. The first-order chi connectivity index (χ1) is 6.09. The van der Waals surface area contributed by atoms with Gasteiger partial charge in [-0.05, 0) is 18.4 Å². The molecule has 0 amide bonds. The van der Waals surface area contributed by atoms with Gasteiger partial charge in [-0.1, -0.05) is 36.8 Å². The van der Waals surface area contributed by atoms with Crippen molar-refractivity contribution in [3.8, 4) is 0 Å². The van der Waals surface area contributed by atoms with E-state index in [1.54, 1.807) is 0 Å². The highest BCUT2D eigenvalue weighted by molar-refractivity contribution is 5.67. The summed E-state index contributed by atoms with van der Waals surface area (Å²) in [6, 6.07) is 7.99. The lowest BCUT2D eigenvalue weighted by atomic mass is 9.97. The van der Waals surface area contributed by atoms with Crippen LogP contribution in [0.5, 0.6) is 0 Å². The zero-order valence-corrected chi connectivity index (χ0v) is 7.95. The van der Waals surface area contributed by atoms with Crippen molar-refractivity contribution in [1.82, 2.24) is 0 Å². The topological polar surface area (TPSA) is 37.3 Å². The molecule has 0 heterocycles. The van der Waals surface area contributed by atoms with Gasteiger partial charge in [0.1, 0.15) is 0 Å². The molecule has 1 atom stereocenters. The second-order valence-corrected chi connectivity index (χ2v) is 3.41. The average Bonchev–Trinajstić information content (AvgIpc) is 2.04. The van der Waals surface area contributed by atoms with Crippen LogP contribution in [0.25, 0.3) is 0 Å². The maximum absolute atomic E-state index is 10.4. The Labute approximate surface area is 78.2 Å². The summed E-state index contributed by atoms with van der Waals surface area (Å²) < 4.78 is 0. The minimum Gasteiger partial charge on any atom is -0.481 e. The van der Waals surface area contributed by atoms with E-state index in [4.69, 9.17) is 5.11 Å². The molecular formula is C11H14O2. The molecule has 0 aliphatic carbocycles. The van der Waals surface area contributed by atoms with Crippen molar-refractivity contribution < 1.29 is 9.90 Å². The predicted molar refractivity (Wildman–Crippen MR) is 51.8 cm³/mol. The Hall–Kier alpha value is -1.31. The lowest BCUT2D eigenvalue weighted by Crippen LogP contribution is -2.02. The Kier molecular flexibility index (Phi) is 3.07. The monoisotopic (exact) mass is 178 g/mol. The molecule has 0 bridgehead atoms. The van der Waals surface area contributed by atoms with Gasteiger partial charge >= 0.3 is 5.97 Å². The van der Waals surface area contributed by atoms with Crippen LogP contribution in [0.4, 0.5) is 0 Å². The van der Waals surface area contributed by atoms with Crippen LogP contribution in [0, 0.1) is 6.92 Å². The summed E-state index contributed by atoms with van der Waals surface area (Å²) in [5.41, 5.74) is 2.29. The van der Waals surface area contributed by atoms with E-state index in [0.29, 0.717) is 0 Å². The summed E-state index contributed by atoms with van der Waals surface area (Å²) in [5.74, 6) is -0.647. The summed E-state index contributed by atoms with van der Waals surface area (Å²) in [4.78, 5) is 10.4. The highest BCUT2D eigenvalue weighted by Crippen LogP contribution is 2.18. The number of benzene rings is 1. The van der Waals surface area contributed by atoms with Crippen molar-refractivity contribution in [2.24, 2.45) is 0 Å². The van der Waals surface area contributed by atoms with E-state index >= 15 is 0 Å². The predicted octanol–water partition coefficient (Wildman–Crippen LogP) is 2.57. The van der Waals surface area contributed by atoms with Gasteiger partial charge in [-0.3, -0.25) is 4.79 Å². The van der Waals surface area contributed by atoms with E-state index in [0.717, 1.165) is 5.56 Å². The summed E-state index contributed by atoms with van der Waals surface area (Å²) in [5, 5.41) is 8.60. The lowest BCUT2D eigenvalue weighted by Gasteiger charge is -2.08. The fourth-order valence-electron chi connectivity index (χ4n) is 1.27. The van der Waals surface area contributed by atoms with Gasteiger partial charge in [0.25, 0.3) is 0 Å². The summed E-state index contributed by atoms with van der Waals surface area (Å²) in [6.07, 6.45) is 0.197. The number of rotatable bonds is 3. The Morgan fingerprint density at radius 3 is 2.38 bits per heavy atom. The SMILES string of the molecule is Cc1ccc([C@@H](C)CC(=O)O)cc1. The van der Waals surface area contributed by atoms with Gasteiger partial charge in [0.15, 0.2) is 0 Å². The molecule has 0 aromatic heterocycles. The molecule has 0 radical (unpaired) electrons. The molecule has 0 saturated heterocycles.